The first kappa shape index (κ1) is 17.1. The number of amides is 2. The van der Waals surface area contributed by atoms with Crippen LogP contribution in [0.15, 0.2) is 30.3 Å². The number of hydrogen-bond donors (Lipinski definition) is 2. The third-order valence-corrected chi connectivity index (χ3v) is 4.93. The van der Waals surface area contributed by atoms with Gasteiger partial charge in [-0.15, -0.1) is 0 Å². The van der Waals surface area contributed by atoms with Crippen molar-refractivity contribution >= 4 is 11.7 Å². The van der Waals surface area contributed by atoms with Crippen molar-refractivity contribution in [2.75, 3.05) is 31.1 Å². The number of anilines is 1. The van der Waals surface area contributed by atoms with Crippen LogP contribution in [0.3, 0.4) is 0 Å². The van der Waals surface area contributed by atoms with Crippen molar-refractivity contribution in [3.05, 3.63) is 30.3 Å². The van der Waals surface area contributed by atoms with Gasteiger partial charge in [-0.05, 0) is 50.7 Å². The van der Waals surface area contributed by atoms with Gasteiger partial charge in [-0.3, -0.25) is 0 Å². The lowest BCUT2D eigenvalue weighted by molar-refractivity contribution is 0.185. The Hall–Kier alpha value is -1.75. The van der Waals surface area contributed by atoms with Gasteiger partial charge in [0.1, 0.15) is 0 Å². The Kier molecular flexibility index (Phi) is 5.96. The van der Waals surface area contributed by atoms with Gasteiger partial charge < -0.3 is 20.2 Å². The first-order valence-corrected chi connectivity index (χ1v) is 9.26. The SMILES string of the molecule is O=C(NC1CCCN(c2ccccc2)C1)N(CCCCO)C1CC1. The predicted molar refractivity (Wildman–Crippen MR) is 96.3 cm³/mol. The van der Waals surface area contributed by atoms with E-state index in [0.29, 0.717) is 6.04 Å². The minimum Gasteiger partial charge on any atom is -0.396 e. The van der Waals surface area contributed by atoms with E-state index in [9.17, 15) is 4.79 Å². The van der Waals surface area contributed by atoms with Gasteiger partial charge in [0.15, 0.2) is 0 Å². The molecule has 0 bridgehead atoms. The fourth-order valence-corrected chi connectivity index (χ4v) is 3.46. The normalized spacial score (nSPS) is 20.7. The summed E-state index contributed by atoms with van der Waals surface area (Å²) >= 11 is 0. The summed E-state index contributed by atoms with van der Waals surface area (Å²) < 4.78 is 0. The number of carbonyl (C=O) groups excluding carboxylic acids is 1. The summed E-state index contributed by atoms with van der Waals surface area (Å²) in [4.78, 5) is 17.0. The highest BCUT2D eigenvalue weighted by Gasteiger charge is 2.33. The highest BCUT2D eigenvalue weighted by molar-refractivity contribution is 5.75. The van der Waals surface area contributed by atoms with Crippen LogP contribution in [0.4, 0.5) is 10.5 Å². The van der Waals surface area contributed by atoms with E-state index in [0.717, 1.165) is 58.2 Å². The summed E-state index contributed by atoms with van der Waals surface area (Å²) in [5, 5.41) is 12.2. The van der Waals surface area contributed by atoms with Crippen molar-refractivity contribution in [1.29, 1.82) is 0 Å². The fourth-order valence-electron chi connectivity index (χ4n) is 3.46. The second kappa shape index (κ2) is 8.38. The largest absolute Gasteiger partial charge is 0.396 e. The molecule has 3 rings (SSSR count). The number of carbonyl (C=O) groups is 1. The van der Waals surface area contributed by atoms with Gasteiger partial charge in [0, 0.05) is 44.0 Å². The summed E-state index contributed by atoms with van der Waals surface area (Å²) in [5.74, 6) is 0. The maximum atomic E-state index is 12.7. The third-order valence-electron chi connectivity index (χ3n) is 4.93. The Morgan fingerprint density at radius 3 is 2.71 bits per heavy atom. The Morgan fingerprint density at radius 1 is 1.21 bits per heavy atom. The Morgan fingerprint density at radius 2 is 2.00 bits per heavy atom. The molecule has 132 valence electrons. The predicted octanol–water partition coefficient (Wildman–Crippen LogP) is 2.60. The van der Waals surface area contributed by atoms with Crippen molar-refractivity contribution in [3.63, 3.8) is 0 Å². The van der Waals surface area contributed by atoms with Crippen molar-refractivity contribution in [2.45, 2.75) is 50.6 Å². The average Bonchev–Trinajstić information content (AvgIpc) is 3.44. The number of rotatable bonds is 7. The Labute approximate surface area is 144 Å². The van der Waals surface area contributed by atoms with Crippen molar-refractivity contribution in [2.24, 2.45) is 0 Å². The minimum atomic E-state index is 0.0790. The first-order valence-electron chi connectivity index (χ1n) is 9.26. The second-order valence-corrected chi connectivity index (χ2v) is 6.93. The van der Waals surface area contributed by atoms with Crippen LogP contribution in [0.25, 0.3) is 0 Å². The van der Waals surface area contributed by atoms with Crippen LogP contribution in [0.5, 0.6) is 0 Å². The van der Waals surface area contributed by atoms with Gasteiger partial charge in [-0.25, -0.2) is 4.79 Å². The maximum absolute atomic E-state index is 12.7. The molecule has 0 spiro atoms. The van der Waals surface area contributed by atoms with Crippen LogP contribution in [-0.4, -0.2) is 54.4 Å². The van der Waals surface area contributed by atoms with E-state index in [1.54, 1.807) is 0 Å². The van der Waals surface area contributed by atoms with E-state index in [-0.39, 0.29) is 18.7 Å². The number of urea groups is 1. The minimum absolute atomic E-state index is 0.0790. The van der Waals surface area contributed by atoms with Gasteiger partial charge in [-0.2, -0.15) is 0 Å². The summed E-state index contributed by atoms with van der Waals surface area (Å²) in [6.45, 7) is 2.89. The molecule has 1 aliphatic heterocycles. The second-order valence-electron chi connectivity index (χ2n) is 6.93. The van der Waals surface area contributed by atoms with E-state index in [2.05, 4.69) is 34.5 Å². The number of unbranched alkanes of at least 4 members (excludes halogenated alkanes) is 1. The molecule has 24 heavy (non-hydrogen) atoms. The molecule has 1 aliphatic carbocycles. The highest BCUT2D eigenvalue weighted by atomic mass is 16.3. The van der Waals surface area contributed by atoms with E-state index in [1.165, 1.54) is 5.69 Å². The zero-order valence-electron chi connectivity index (χ0n) is 14.4. The molecule has 0 aromatic heterocycles. The van der Waals surface area contributed by atoms with Gasteiger partial charge in [-0.1, -0.05) is 18.2 Å². The molecule has 2 fully saturated rings. The quantitative estimate of drug-likeness (QED) is 0.755. The van der Waals surface area contributed by atoms with Crippen LogP contribution in [0.1, 0.15) is 38.5 Å². The fraction of sp³-hybridized carbons (Fsp3) is 0.632. The van der Waals surface area contributed by atoms with Crippen LogP contribution in [-0.2, 0) is 0 Å². The molecule has 1 heterocycles. The van der Waals surface area contributed by atoms with Gasteiger partial charge >= 0.3 is 6.03 Å². The number of nitrogens with one attached hydrogen (secondary N) is 1. The molecule has 5 nitrogen and oxygen atoms in total. The lowest BCUT2D eigenvalue weighted by atomic mass is 10.0. The maximum Gasteiger partial charge on any atom is 0.317 e. The lowest BCUT2D eigenvalue weighted by Gasteiger charge is -2.36. The van der Waals surface area contributed by atoms with Gasteiger partial charge in [0.05, 0.1) is 0 Å². The molecule has 1 aromatic rings. The average molecular weight is 331 g/mol. The van der Waals surface area contributed by atoms with Crippen LogP contribution in [0, 0.1) is 0 Å². The number of aliphatic hydroxyl groups excluding tert-OH is 1. The van der Waals surface area contributed by atoms with Crippen molar-refractivity contribution < 1.29 is 9.90 Å². The smallest absolute Gasteiger partial charge is 0.317 e. The molecule has 5 heteroatoms. The molecule has 2 aliphatic rings. The monoisotopic (exact) mass is 331 g/mol. The van der Waals surface area contributed by atoms with Crippen LogP contribution >= 0.6 is 0 Å². The number of piperidine rings is 1. The molecule has 1 saturated heterocycles. The van der Waals surface area contributed by atoms with Gasteiger partial charge in [0.25, 0.3) is 0 Å². The zero-order chi connectivity index (χ0) is 16.8. The zero-order valence-corrected chi connectivity index (χ0v) is 14.4. The number of nitrogens with zero attached hydrogens (tertiary/aromatic N) is 2. The molecule has 1 saturated carbocycles. The Balaban J connectivity index is 1.53. The van der Waals surface area contributed by atoms with E-state index >= 15 is 0 Å². The highest BCUT2D eigenvalue weighted by Crippen LogP contribution is 2.27. The van der Waals surface area contributed by atoms with E-state index < -0.39 is 0 Å². The van der Waals surface area contributed by atoms with Gasteiger partial charge in [0.2, 0.25) is 0 Å². The molecule has 1 atom stereocenters. The van der Waals surface area contributed by atoms with Crippen LogP contribution < -0.4 is 10.2 Å². The number of hydrogen-bond acceptors (Lipinski definition) is 3. The molecular weight excluding hydrogens is 302 g/mol. The number of para-hydroxylation sites is 1. The molecular formula is C19H29N3O2. The van der Waals surface area contributed by atoms with Crippen LogP contribution in [0.2, 0.25) is 0 Å². The van der Waals surface area contributed by atoms with Crippen molar-refractivity contribution in [3.8, 4) is 0 Å². The summed E-state index contributed by atoms with van der Waals surface area (Å²) in [7, 11) is 0. The van der Waals surface area contributed by atoms with E-state index in [1.807, 2.05) is 11.0 Å². The molecule has 0 radical (unpaired) electrons. The number of aliphatic hydroxyl groups is 1. The van der Waals surface area contributed by atoms with E-state index in [4.69, 9.17) is 5.11 Å². The molecule has 2 amide bonds. The molecule has 1 aromatic carbocycles. The standard InChI is InChI=1S/C19H29N3O2/c23-14-5-4-13-22(18-10-11-18)19(24)20-16-7-6-12-21(15-16)17-8-2-1-3-9-17/h1-3,8-9,16,18,23H,4-7,10-15H2,(H,20,24). The summed E-state index contributed by atoms with van der Waals surface area (Å²) in [6, 6.07) is 11.1. The summed E-state index contributed by atoms with van der Waals surface area (Å²) in [5.41, 5.74) is 1.23. The molecule has 1 unspecified atom stereocenters. The lowest BCUT2D eigenvalue weighted by Crippen LogP contribution is -2.52. The first-order chi connectivity index (χ1) is 11.8. The summed E-state index contributed by atoms with van der Waals surface area (Å²) in [6.07, 6.45) is 6.03. The number of benzene rings is 1. The molecule has 2 N–H and O–H groups in total. The third kappa shape index (κ3) is 4.63. The topological polar surface area (TPSA) is 55.8 Å². The Bertz CT molecular complexity index is 519. The van der Waals surface area contributed by atoms with Crippen molar-refractivity contribution in [1.82, 2.24) is 10.2 Å².